The van der Waals surface area contributed by atoms with E-state index in [2.05, 4.69) is 10.5 Å². The van der Waals surface area contributed by atoms with E-state index in [0.717, 1.165) is 25.3 Å². The summed E-state index contributed by atoms with van der Waals surface area (Å²) in [5.41, 5.74) is 7.09. The molecule has 0 bridgehead atoms. The molecule has 1 aromatic rings. The van der Waals surface area contributed by atoms with Gasteiger partial charge in [0.25, 0.3) is 11.6 Å². The van der Waals surface area contributed by atoms with Crippen molar-refractivity contribution in [2.75, 3.05) is 7.11 Å². The molecule has 0 heterocycles. The highest BCUT2D eigenvalue weighted by atomic mass is 16.6. The number of carbonyl (C=O) groups is 4. The van der Waals surface area contributed by atoms with Crippen molar-refractivity contribution >= 4 is 29.4 Å². The fourth-order valence-corrected chi connectivity index (χ4v) is 1.33. The van der Waals surface area contributed by atoms with Crippen LogP contribution in [-0.2, 0) is 14.3 Å². The van der Waals surface area contributed by atoms with E-state index in [1.807, 2.05) is 5.43 Å². The summed E-state index contributed by atoms with van der Waals surface area (Å²) in [5, 5.41) is 10.8. The lowest BCUT2D eigenvalue weighted by Crippen LogP contribution is -2.47. The van der Waals surface area contributed by atoms with Crippen LogP contribution in [0.3, 0.4) is 0 Å². The number of methoxy groups -OCH3 is 1. The van der Waals surface area contributed by atoms with Crippen molar-refractivity contribution in [2.45, 2.75) is 0 Å². The summed E-state index contributed by atoms with van der Waals surface area (Å²) in [6.45, 7) is 0. The summed E-state index contributed by atoms with van der Waals surface area (Å²) in [6.07, 6.45) is 0. The fraction of sp³-hybridized carbons (Fsp3) is 0.0909. The van der Waals surface area contributed by atoms with Crippen LogP contribution in [0.1, 0.15) is 20.7 Å². The number of hydrogen-bond acceptors (Lipinski definition) is 7. The monoisotopic (exact) mass is 310 g/mol. The van der Waals surface area contributed by atoms with E-state index in [9.17, 15) is 29.3 Å². The predicted octanol–water partition coefficient (Wildman–Crippen LogP) is -1.37. The number of nitro benzene ring substituents is 1. The lowest BCUT2D eigenvalue weighted by atomic mass is 10.1. The molecule has 0 aliphatic heterocycles. The summed E-state index contributed by atoms with van der Waals surface area (Å²) in [7, 11) is 1.06. The number of ether oxygens (including phenoxy) is 1. The minimum atomic E-state index is -1.34. The maximum Gasteiger partial charge on any atom is 0.338 e. The lowest BCUT2D eigenvalue weighted by molar-refractivity contribution is -0.384. The highest BCUT2D eigenvalue weighted by Gasteiger charge is 2.19. The van der Waals surface area contributed by atoms with Crippen LogP contribution >= 0.6 is 0 Å². The van der Waals surface area contributed by atoms with Crippen LogP contribution in [0.5, 0.6) is 0 Å². The first-order valence-electron chi connectivity index (χ1n) is 5.54. The van der Waals surface area contributed by atoms with E-state index in [-0.39, 0.29) is 11.1 Å². The highest BCUT2D eigenvalue weighted by Crippen LogP contribution is 2.18. The summed E-state index contributed by atoms with van der Waals surface area (Å²) in [4.78, 5) is 54.5. The number of benzene rings is 1. The summed E-state index contributed by atoms with van der Waals surface area (Å²) >= 11 is 0. The Morgan fingerprint density at radius 3 is 2.23 bits per heavy atom. The number of non-ortho nitro benzene ring substituents is 1. The third kappa shape index (κ3) is 4.00. The van der Waals surface area contributed by atoms with Gasteiger partial charge in [0, 0.05) is 17.7 Å². The molecule has 11 heteroatoms. The zero-order chi connectivity index (χ0) is 16.9. The molecule has 116 valence electrons. The van der Waals surface area contributed by atoms with Crippen LogP contribution in [0.4, 0.5) is 5.69 Å². The zero-order valence-electron chi connectivity index (χ0n) is 11.1. The highest BCUT2D eigenvalue weighted by molar-refractivity contribution is 6.34. The van der Waals surface area contributed by atoms with Gasteiger partial charge in [-0.05, 0) is 6.07 Å². The Morgan fingerprint density at radius 1 is 1.14 bits per heavy atom. The normalized spacial score (nSPS) is 9.50. The molecule has 0 aliphatic carbocycles. The Bertz CT molecular complexity index is 670. The van der Waals surface area contributed by atoms with Gasteiger partial charge in [-0.2, -0.15) is 0 Å². The number of esters is 1. The SMILES string of the molecule is COC(=O)c1cc(C(=O)NNC(=O)C(N)=O)cc([N+](=O)[O-])c1. The van der Waals surface area contributed by atoms with Crippen LogP contribution in [0, 0.1) is 10.1 Å². The average Bonchev–Trinajstić information content (AvgIpc) is 2.50. The second-order valence-electron chi connectivity index (χ2n) is 3.79. The first-order chi connectivity index (χ1) is 10.3. The molecule has 3 amide bonds. The molecule has 0 spiro atoms. The summed E-state index contributed by atoms with van der Waals surface area (Å²) in [5.74, 6) is -4.51. The molecule has 11 nitrogen and oxygen atoms in total. The molecule has 1 aromatic carbocycles. The van der Waals surface area contributed by atoms with Gasteiger partial charge in [0.1, 0.15) is 0 Å². The third-order valence-electron chi connectivity index (χ3n) is 2.33. The van der Waals surface area contributed by atoms with E-state index in [4.69, 9.17) is 0 Å². The average molecular weight is 310 g/mol. The molecule has 0 radical (unpaired) electrons. The zero-order valence-corrected chi connectivity index (χ0v) is 11.1. The smallest absolute Gasteiger partial charge is 0.338 e. The first kappa shape index (κ1) is 16.6. The quantitative estimate of drug-likeness (QED) is 0.267. The number of hydrogen-bond donors (Lipinski definition) is 3. The van der Waals surface area contributed by atoms with Crippen molar-refractivity contribution in [2.24, 2.45) is 5.73 Å². The van der Waals surface area contributed by atoms with E-state index in [0.29, 0.717) is 0 Å². The third-order valence-corrected chi connectivity index (χ3v) is 2.33. The Balaban J connectivity index is 3.07. The molecule has 22 heavy (non-hydrogen) atoms. The van der Waals surface area contributed by atoms with Gasteiger partial charge in [-0.3, -0.25) is 35.3 Å². The number of rotatable bonds is 3. The van der Waals surface area contributed by atoms with E-state index in [1.54, 1.807) is 5.43 Å². The fourth-order valence-electron chi connectivity index (χ4n) is 1.33. The molecular formula is C11H10N4O7. The van der Waals surface area contributed by atoms with Gasteiger partial charge in [-0.25, -0.2) is 4.79 Å². The molecular weight excluding hydrogens is 300 g/mol. The number of hydrazine groups is 1. The molecule has 1 rings (SSSR count). The minimum absolute atomic E-state index is 0.233. The van der Waals surface area contributed by atoms with E-state index >= 15 is 0 Å². The summed E-state index contributed by atoms with van der Waals surface area (Å²) < 4.78 is 4.41. The van der Waals surface area contributed by atoms with Crippen molar-refractivity contribution in [3.63, 3.8) is 0 Å². The van der Waals surface area contributed by atoms with Crippen LogP contribution in [0.15, 0.2) is 18.2 Å². The Hall–Kier alpha value is -3.50. The second-order valence-corrected chi connectivity index (χ2v) is 3.79. The number of nitrogens with one attached hydrogen (secondary N) is 2. The molecule has 0 fully saturated rings. The first-order valence-corrected chi connectivity index (χ1v) is 5.54. The number of nitro groups is 1. The van der Waals surface area contributed by atoms with Crippen molar-refractivity contribution in [1.82, 2.24) is 10.9 Å². The molecule has 0 aliphatic rings. The Labute approximate surface area is 122 Å². The van der Waals surface area contributed by atoms with Gasteiger partial charge >= 0.3 is 17.8 Å². The predicted molar refractivity (Wildman–Crippen MR) is 69.2 cm³/mol. The number of nitrogens with zero attached hydrogens (tertiary/aromatic N) is 1. The van der Waals surface area contributed by atoms with Gasteiger partial charge in [-0.1, -0.05) is 0 Å². The number of primary amides is 1. The van der Waals surface area contributed by atoms with Gasteiger partial charge in [0.2, 0.25) is 0 Å². The van der Waals surface area contributed by atoms with Crippen molar-refractivity contribution < 1.29 is 28.8 Å². The van der Waals surface area contributed by atoms with Gasteiger partial charge in [0.15, 0.2) is 0 Å². The van der Waals surface area contributed by atoms with Gasteiger partial charge in [-0.15, -0.1) is 0 Å². The minimum Gasteiger partial charge on any atom is -0.465 e. The van der Waals surface area contributed by atoms with E-state index < -0.39 is 34.3 Å². The van der Waals surface area contributed by atoms with Crippen molar-refractivity contribution in [3.05, 3.63) is 39.4 Å². The molecule has 0 aromatic heterocycles. The molecule has 0 saturated carbocycles. The van der Waals surface area contributed by atoms with Gasteiger partial charge in [0.05, 0.1) is 17.6 Å². The van der Waals surface area contributed by atoms with Crippen LogP contribution in [0.2, 0.25) is 0 Å². The second kappa shape index (κ2) is 6.78. The number of carbonyl (C=O) groups excluding carboxylic acids is 4. The number of amides is 3. The van der Waals surface area contributed by atoms with Crippen LogP contribution in [0.25, 0.3) is 0 Å². The topological polar surface area (TPSA) is 171 Å². The van der Waals surface area contributed by atoms with Crippen molar-refractivity contribution in [1.29, 1.82) is 0 Å². The molecule has 4 N–H and O–H groups in total. The molecule has 0 unspecified atom stereocenters. The van der Waals surface area contributed by atoms with E-state index in [1.165, 1.54) is 0 Å². The van der Waals surface area contributed by atoms with Crippen LogP contribution < -0.4 is 16.6 Å². The largest absolute Gasteiger partial charge is 0.465 e. The summed E-state index contributed by atoms with van der Waals surface area (Å²) in [6, 6.07) is 2.81. The standard InChI is InChI=1S/C11H10N4O7/c1-22-11(19)6-2-5(3-7(4-6)15(20)21)9(17)13-14-10(18)8(12)16/h2-4H,1H3,(H2,12,16)(H,13,17)(H,14,18). The molecule has 0 atom stereocenters. The van der Waals surface area contributed by atoms with Gasteiger partial charge < -0.3 is 10.5 Å². The Morgan fingerprint density at radius 2 is 1.73 bits per heavy atom. The lowest BCUT2D eigenvalue weighted by Gasteiger charge is -2.07. The van der Waals surface area contributed by atoms with Crippen LogP contribution in [-0.4, -0.2) is 35.7 Å². The number of nitrogens with two attached hydrogens (primary N) is 1. The molecule has 0 saturated heterocycles. The van der Waals surface area contributed by atoms with Crippen molar-refractivity contribution in [3.8, 4) is 0 Å². The maximum absolute atomic E-state index is 11.8. The Kier molecular flexibility index (Phi) is 5.11. The maximum atomic E-state index is 11.8.